The van der Waals surface area contributed by atoms with E-state index in [0.717, 1.165) is 7.11 Å². The fourth-order valence-electron chi connectivity index (χ4n) is 4.53. The van der Waals surface area contributed by atoms with Crippen LogP contribution in [0.3, 0.4) is 0 Å². The van der Waals surface area contributed by atoms with Crippen molar-refractivity contribution in [2.24, 2.45) is 5.10 Å². The van der Waals surface area contributed by atoms with Gasteiger partial charge in [-0.2, -0.15) is 15.6 Å². The van der Waals surface area contributed by atoms with Gasteiger partial charge in [0.15, 0.2) is 11.3 Å². The van der Waals surface area contributed by atoms with E-state index in [1.165, 1.54) is 12.1 Å². The molecule has 2 aromatic carbocycles. The fourth-order valence-corrected chi connectivity index (χ4v) is 4.53. The maximum atomic E-state index is 13.4. The molecule has 2 heterocycles. The molecule has 0 fully saturated rings. The van der Waals surface area contributed by atoms with Crippen LogP contribution in [0.1, 0.15) is 34.2 Å². The van der Waals surface area contributed by atoms with Crippen molar-refractivity contribution in [2.75, 3.05) is 14.2 Å². The highest BCUT2D eigenvalue weighted by molar-refractivity contribution is 6.39. The summed E-state index contributed by atoms with van der Waals surface area (Å²) in [4.78, 5) is 25.9. The van der Waals surface area contributed by atoms with E-state index in [9.17, 15) is 14.7 Å². The topological polar surface area (TPSA) is 136 Å². The number of ether oxygens (including phenoxy) is 2. The van der Waals surface area contributed by atoms with Crippen molar-refractivity contribution < 1.29 is 24.2 Å². The second-order valence-electron chi connectivity index (χ2n) is 7.82. The lowest BCUT2D eigenvalue weighted by Crippen LogP contribution is -2.64. The number of methoxy groups -OCH3 is 2. The number of nitriles is 2. The van der Waals surface area contributed by atoms with Crippen LogP contribution < -0.4 is 0 Å². The minimum atomic E-state index is -1.82. The number of carbonyl (C=O) groups is 2. The molecule has 2 aromatic rings. The molecule has 0 bridgehead atoms. The summed E-state index contributed by atoms with van der Waals surface area (Å²) >= 11 is 0. The summed E-state index contributed by atoms with van der Waals surface area (Å²) < 4.78 is 9.96. The number of hydrogen-bond acceptors (Lipinski definition) is 9. The van der Waals surface area contributed by atoms with E-state index in [1.807, 2.05) is 12.1 Å². The molecule has 0 spiro atoms. The summed E-state index contributed by atoms with van der Waals surface area (Å²) in [6.07, 6.45) is 1.90. The van der Waals surface area contributed by atoms with Crippen molar-refractivity contribution in [3.63, 3.8) is 0 Å². The molecule has 170 valence electrons. The zero-order valence-corrected chi connectivity index (χ0v) is 18.4. The molecule has 4 atom stereocenters. The Morgan fingerprint density at radius 1 is 0.941 bits per heavy atom. The van der Waals surface area contributed by atoms with E-state index in [2.05, 4.69) is 11.2 Å². The summed E-state index contributed by atoms with van der Waals surface area (Å²) in [5.74, 6) is -2.44. The fraction of sp³-hybridized carbons (Fsp3) is 0.240. The molecule has 0 saturated carbocycles. The molecular weight excluding hydrogens is 436 g/mol. The van der Waals surface area contributed by atoms with Gasteiger partial charge in [-0.1, -0.05) is 36.4 Å². The van der Waals surface area contributed by atoms with Gasteiger partial charge in [-0.05, 0) is 35.4 Å². The first-order valence-electron chi connectivity index (χ1n) is 10.3. The Labute approximate surface area is 195 Å². The van der Waals surface area contributed by atoms with Gasteiger partial charge in [0.2, 0.25) is 0 Å². The van der Waals surface area contributed by atoms with Gasteiger partial charge in [0.1, 0.15) is 6.10 Å². The first-order valence-corrected chi connectivity index (χ1v) is 10.3. The average Bonchev–Trinajstić information content (AvgIpc) is 3.21. The van der Waals surface area contributed by atoms with Crippen LogP contribution in [0.4, 0.5) is 0 Å². The van der Waals surface area contributed by atoms with E-state index in [4.69, 9.17) is 20.0 Å². The molecule has 2 aliphatic rings. The second kappa shape index (κ2) is 8.81. The Bertz CT molecular complexity index is 1270. The summed E-state index contributed by atoms with van der Waals surface area (Å²) in [5, 5.41) is 35.4. The maximum Gasteiger partial charge on any atom is 0.357 e. The largest absolute Gasteiger partial charge is 0.467 e. The molecule has 9 nitrogen and oxygen atoms in total. The molecule has 0 radical (unpaired) electrons. The molecule has 1 N–H and O–H groups in total. The number of hydrazone groups is 1. The van der Waals surface area contributed by atoms with Crippen molar-refractivity contribution in [3.8, 4) is 12.1 Å². The summed E-state index contributed by atoms with van der Waals surface area (Å²) in [5.41, 5.74) is 0.0432. The van der Waals surface area contributed by atoms with Crippen LogP contribution in [0.25, 0.3) is 0 Å². The summed E-state index contributed by atoms with van der Waals surface area (Å²) in [6, 6.07) is 16.7. The minimum absolute atomic E-state index is 0.325. The van der Waals surface area contributed by atoms with Gasteiger partial charge in [0.05, 0.1) is 43.5 Å². The number of fused-ring (bicyclic) bond motifs is 1. The van der Waals surface area contributed by atoms with Crippen LogP contribution in [-0.2, 0) is 19.1 Å². The lowest BCUT2D eigenvalue weighted by atomic mass is 9.71. The molecule has 9 heteroatoms. The van der Waals surface area contributed by atoms with E-state index < -0.39 is 35.5 Å². The first-order chi connectivity index (χ1) is 16.4. The number of nitrogens with zero attached hydrogens (tertiary/aromatic N) is 4. The quantitative estimate of drug-likeness (QED) is 0.545. The van der Waals surface area contributed by atoms with Crippen LogP contribution in [0, 0.1) is 22.7 Å². The molecule has 0 aliphatic carbocycles. The highest BCUT2D eigenvalue weighted by atomic mass is 16.5. The molecular formula is C25H20N4O5. The smallest absolute Gasteiger partial charge is 0.357 e. The standard InChI is InChI=1S/C25H20N4O5/c1-33-23(31)21-22(30)25(24(32)34-2)19(17-7-3-15(13-26)4-8-17)11-12-20(29(25)28-21)18-9-5-16(14-27)6-10-18/h3-12,19-20,22,30H,1-2H3. The van der Waals surface area contributed by atoms with Crippen LogP contribution in [0.5, 0.6) is 0 Å². The van der Waals surface area contributed by atoms with Gasteiger partial charge >= 0.3 is 11.9 Å². The van der Waals surface area contributed by atoms with Gasteiger partial charge in [0.25, 0.3) is 0 Å². The zero-order chi connectivity index (χ0) is 24.5. The maximum absolute atomic E-state index is 13.4. The number of esters is 2. The van der Waals surface area contributed by atoms with Crippen LogP contribution >= 0.6 is 0 Å². The Balaban J connectivity index is 1.94. The molecule has 0 amide bonds. The number of aliphatic hydroxyl groups is 1. The Kier molecular flexibility index (Phi) is 5.89. The second-order valence-corrected chi connectivity index (χ2v) is 7.82. The lowest BCUT2D eigenvalue weighted by Gasteiger charge is -2.47. The van der Waals surface area contributed by atoms with Gasteiger partial charge in [-0.3, -0.25) is 5.01 Å². The SMILES string of the molecule is COC(=O)C1=NN2C(c3ccc(C#N)cc3)C=CC(c3ccc(C#N)cc3)C2(C(=O)OC)C1O. The van der Waals surface area contributed by atoms with Crippen molar-refractivity contribution in [1.82, 2.24) is 5.01 Å². The highest BCUT2D eigenvalue weighted by Crippen LogP contribution is 2.50. The summed E-state index contributed by atoms with van der Waals surface area (Å²) in [7, 11) is 2.36. The lowest BCUT2D eigenvalue weighted by molar-refractivity contribution is -0.163. The van der Waals surface area contributed by atoms with Crippen molar-refractivity contribution in [2.45, 2.75) is 23.6 Å². The third kappa shape index (κ3) is 3.31. The van der Waals surface area contributed by atoms with Gasteiger partial charge < -0.3 is 14.6 Å². The molecule has 0 aromatic heterocycles. The first kappa shape index (κ1) is 22.7. The van der Waals surface area contributed by atoms with Crippen LogP contribution in [-0.4, -0.2) is 53.6 Å². The van der Waals surface area contributed by atoms with Crippen LogP contribution in [0.2, 0.25) is 0 Å². The third-order valence-corrected chi connectivity index (χ3v) is 6.18. The predicted octanol–water partition coefficient (Wildman–Crippen LogP) is 1.94. The monoisotopic (exact) mass is 456 g/mol. The van der Waals surface area contributed by atoms with Gasteiger partial charge in [-0.25, -0.2) is 9.59 Å². The van der Waals surface area contributed by atoms with E-state index >= 15 is 0 Å². The Morgan fingerprint density at radius 3 is 2.00 bits per heavy atom. The molecule has 34 heavy (non-hydrogen) atoms. The molecule has 4 rings (SSSR count). The number of hydrogen-bond donors (Lipinski definition) is 1. The van der Waals surface area contributed by atoms with Gasteiger partial charge in [-0.15, -0.1) is 0 Å². The van der Waals surface area contributed by atoms with Crippen LogP contribution in [0.15, 0.2) is 65.8 Å². The Hall–Kier alpha value is -4.47. The average molecular weight is 456 g/mol. The van der Waals surface area contributed by atoms with E-state index in [-0.39, 0.29) is 5.71 Å². The van der Waals surface area contributed by atoms with Gasteiger partial charge in [0, 0.05) is 5.92 Å². The number of rotatable bonds is 4. The van der Waals surface area contributed by atoms with Crippen molar-refractivity contribution in [3.05, 3.63) is 82.9 Å². The molecule has 2 aliphatic heterocycles. The molecule has 0 saturated heterocycles. The number of carbonyl (C=O) groups excluding carboxylic acids is 2. The Morgan fingerprint density at radius 2 is 1.50 bits per heavy atom. The van der Waals surface area contributed by atoms with E-state index in [0.29, 0.717) is 22.3 Å². The minimum Gasteiger partial charge on any atom is -0.467 e. The zero-order valence-electron chi connectivity index (χ0n) is 18.4. The van der Waals surface area contributed by atoms with E-state index in [1.54, 1.807) is 54.6 Å². The third-order valence-electron chi connectivity index (χ3n) is 6.18. The highest BCUT2D eigenvalue weighted by Gasteiger charge is 2.65. The van der Waals surface area contributed by atoms with Crippen molar-refractivity contribution in [1.29, 1.82) is 10.5 Å². The number of aliphatic hydroxyl groups excluding tert-OH is 1. The normalized spacial score (nSPS) is 24.9. The predicted molar refractivity (Wildman–Crippen MR) is 119 cm³/mol. The van der Waals surface area contributed by atoms with Crippen molar-refractivity contribution >= 4 is 17.7 Å². The summed E-state index contributed by atoms with van der Waals surface area (Å²) in [6.45, 7) is 0. The number of benzene rings is 2. The molecule has 4 unspecified atom stereocenters.